The molecule has 0 aliphatic rings. The lowest BCUT2D eigenvalue weighted by atomic mass is 10.1. The van der Waals surface area contributed by atoms with Crippen molar-refractivity contribution in [2.45, 2.75) is 12.5 Å². The first-order valence-corrected chi connectivity index (χ1v) is 7.81. The van der Waals surface area contributed by atoms with E-state index in [1.54, 1.807) is 24.3 Å². The first kappa shape index (κ1) is 16.2. The van der Waals surface area contributed by atoms with Crippen molar-refractivity contribution >= 4 is 23.2 Å². The fraction of sp³-hybridized carbons (Fsp3) is 0.111. The van der Waals surface area contributed by atoms with Crippen LogP contribution in [0.5, 0.6) is 0 Å². The number of hydrogen-bond donors (Lipinski definition) is 2. The van der Waals surface area contributed by atoms with Crippen LogP contribution in [-0.4, -0.2) is 10.9 Å². The highest BCUT2D eigenvalue weighted by molar-refractivity contribution is 6.30. The van der Waals surface area contributed by atoms with E-state index in [0.29, 0.717) is 23.0 Å². The molecule has 1 amide bonds. The van der Waals surface area contributed by atoms with E-state index < -0.39 is 6.04 Å². The van der Waals surface area contributed by atoms with Crippen molar-refractivity contribution < 1.29 is 9.21 Å². The Morgan fingerprint density at radius 3 is 2.58 bits per heavy atom. The maximum Gasteiger partial charge on any atom is 0.277 e. The van der Waals surface area contributed by atoms with E-state index in [9.17, 15) is 4.79 Å². The lowest BCUT2D eigenvalue weighted by molar-refractivity contribution is 0.102. The van der Waals surface area contributed by atoms with Crippen molar-refractivity contribution in [1.82, 2.24) is 4.98 Å². The third-order valence-corrected chi connectivity index (χ3v) is 3.72. The van der Waals surface area contributed by atoms with Gasteiger partial charge in [-0.15, -0.1) is 0 Å². The number of nitrogens with two attached hydrogens (primary N) is 1. The number of halogens is 1. The van der Waals surface area contributed by atoms with Gasteiger partial charge in [-0.05, 0) is 36.2 Å². The average molecular weight is 342 g/mol. The molecule has 6 heteroatoms. The minimum absolute atomic E-state index is 0.184. The van der Waals surface area contributed by atoms with Crippen LogP contribution < -0.4 is 11.1 Å². The Morgan fingerprint density at radius 2 is 1.88 bits per heavy atom. The predicted molar refractivity (Wildman–Crippen MR) is 93.0 cm³/mol. The number of anilines is 1. The first-order chi connectivity index (χ1) is 11.6. The third-order valence-electron chi connectivity index (χ3n) is 3.47. The van der Waals surface area contributed by atoms with Crippen LogP contribution in [0.2, 0.25) is 5.02 Å². The highest BCUT2D eigenvalue weighted by Gasteiger charge is 2.17. The van der Waals surface area contributed by atoms with Crippen LogP contribution in [0.25, 0.3) is 0 Å². The minimum Gasteiger partial charge on any atom is -0.446 e. The molecule has 1 atom stereocenters. The fourth-order valence-corrected chi connectivity index (χ4v) is 2.37. The molecule has 3 N–H and O–H groups in total. The van der Waals surface area contributed by atoms with Crippen molar-refractivity contribution in [1.29, 1.82) is 0 Å². The Bertz CT molecular complexity index is 816. The summed E-state index contributed by atoms with van der Waals surface area (Å²) in [5, 5.41) is 3.33. The van der Waals surface area contributed by atoms with Gasteiger partial charge in [0.15, 0.2) is 5.69 Å². The Kier molecular flexibility index (Phi) is 4.93. The van der Waals surface area contributed by atoms with Crippen LogP contribution in [0.3, 0.4) is 0 Å². The Balaban J connectivity index is 1.66. The Labute approximate surface area is 144 Å². The van der Waals surface area contributed by atoms with E-state index in [2.05, 4.69) is 10.3 Å². The number of amides is 1. The van der Waals surface area contributed by atoms with Crippen molar-refractivity contribution in [3.8, 4) is 0 Å². The molecule has 5 nitrogen and oxygen atoms in total. The van der Waals surface area contributed by atoms with Crippen LogP contribution in [0.4, 0.5) is 5.69 Å². The second-order valence-corrected chi connectivity index (χ2v) is 5.76. The molecule has 0 saturated heterocycles. The van der Waals surface area contributed by atoms with Crippen LogP contribution in [0.1, 0.15) is 28.0 Å². The third kappa shape index (κ3) is 4.01. The molecule has 0 fully saturated rings. The minimum atomic E-state index is -0.413. The molecule has 1 aromatic heterocycles. The van der Waals surface area contributed by atoms with Gasteiger partial charge in [0, 0.05) is 10.7 Å². The van der Waals surface area contributed by atoms with E-state index in [-0.39, 0.29) is 11.6 Å². The van der Waals surface area contributed by atoms with E-state index in [1.165, 1.54) is 6.26 Å². The first-order valence-electron chi connectivity index (χ1n) is 7.43. The number of nitrogens with one attached hydrogen (secondary N) is 1. The largest absolute Gasteiger partial charge is 0.446 e. The number of carbonyl (C=O) groups is 1. The molecule has 24 heavy (non-hydrogen) atoms. The van der Waals surface area contributed by atoms with Gasteiger partial charge in [0.05, 0.1) is 6.04 Å². The van der Waals surface area contributed by atoms with Gasteiger partial charge >= 0.3 is 0 Å². The summed E-state index contributed by atoms with van der Waals surface area (Å²) in [4.78, 5) is 16.4. The molecular formula is C18H16ClN3O2. The summed E-state index contributed by atoms with van der Waals surface area (Å²) < 4.78 is 5.36. The summed E-state index contributed by atoms with van der Waals surface area (Å²) in [5.41, 5.74) is 8.00. The topological polar surface area (TPSA) is 81.1 Å². The summed E-state index contributed by atoms with van der Waals surface area (Å²) >= 11 is 5.82. The lowest BCUT2D eigenvalue weighted by Gasteiger charge is -2.07. The molecule has 0 aliphatic carbocycles. The van der Waals surface area contributed by atoms with Gasteiger partial charge in [-0.1, -0.05) is 41.9 Å². The maximum atomic E-state index is 12.2. The molecule has 3 rings (SSSR count). The van der Waals surface area contributed by atoms with Gasteiger partial charge in [0.1, 0.15) is 6.26 Å². The molecular weight excluding hydrogens is 326 g/mol. The summed E-state index contributed by atoms with van der Waals surface area (Å²) in [6.07, 6.45) is 1.89. The Morgan fingerprint density at radius 1 is 1.17 bits per heavy atom. The van der Waals surface area contributed by atoms with Gasteiger partial charge in [-0.3, -0.25) is 4.79 Å². The molecule has 122 valence electrons. The molecule has 0 saturated carbocycles. The van der Waals surface area contributed by atoms with Crippen molar-refractivity contribution in [3.05, 3.63) is 83.0 Å². The number of hydrogen-bond acceptors (Lipinski definition) is 4. The van der Waals surface area contributed by atoms with E-state index >= 15 is 0 Å². The molecule has 1 heterocycles. The number of aromatic nitrogens is 1. The van der Waals surface area contributed by atoms with Crippen molar-refractivity contribution in [3.63, 3.8) is 0 Å². The van der Waals surface area contributed by atoms with Gasteiger partial charge in [0.25, 0.3) is 5.91 Å². The molecule has 0 radical (unpaired) electrons. The number of oxazole rings is 1. The molecule has 0 aliphatic heterocycles. The predicted octanol–water partition coefficient (Wildman–Crippen LogP) is 3.82. The maximum absolute atomic E-state index is 12.2. The molecule has 0 bridgehead atoms. The standard InChI is InChI=1S/C18H16ClN3O2/c19-13-6-8-14(9-7-13)21-17(23)16-11-24-18(22-16)15(20)10-12-4-2-1-3-5-12/h1-9,11,15H,10,20H2,(H,21,23). The number of benzene rings is 2. The smallest absolute Gasteiger partial charge is 0.277 e. The summed E-state index contributed by atoms with van der Waals surface area (Å²) in [7, 11) is 0. The number of carbonyl (C=O) groups excluding carboxylic acids is 1. The quantitative estimate of drug-likeness (QED) is 0.739. The van der Waals surface area contributed by atoms with Gasteiger partial charge in [0.2, 0.25) is 5.89 Å². The zero-order chi connectivity index (χ0) is 16.9. The summed E-state index contributed by atoms with van der Waals surface area (Å²) in [5.74, 6) is -0.0284. The molecule has 0 spiro atoms. The SMILES string of the molecule is NC(Cc1ccccc1)c1nc(C(=O)Nc2ccc(Cl)cc2)co1. The van der Waals surface area contributed by atoms with Crippen LogP contribution in [0.15, 0.2) is 65.3 Å². The normalized spacial score (nSPS) is 11.9. The molecule has 3 aromatic rings. The van der Waals surface area contributed by atoms with E-state index in [4.69, 9.17) is 21.8 Å². The van der Waals surface area contributed by atoms with Crippen LogP contribution in [-0.2, 0) is 6.42 Å². The van der Waals surface area contributed by atoms with E-state index in [1.807, 2.05) is 30.3 Å². The molecule has 1 unspecified atom stereocenters. The Hall–Kier alpha value is -2.63. The monoisotopic (exact) mass is 341 g/mol. The highest BCUT2D eigenvalue weighted by Crippen LogP contribution is 2.17. The van der Waals surface area contributed by atoms with Gasteiger partial charge < -0.3 is 15.5 Å². The zero-order valence-electron chi connectivity index (χ0n) is 12.8. The fourth-order valence-electron chi connectivity index (χ4n) is 2.25. The second kappa shape index (κ2) is 7.29. The zero-order valence-corrected chi connectivity index (χ0v) is 13.5. The number of rotatable bonds is 5. The summed E-state index contributed by atoms with van der Waals surface area (Å²) in [6, 6.07) is 16.2. The number of nitrogens with zero attached hydrogens (tertiary/aromatic N) is 1. The van der Waals surface area contributed by atoms with Gasteiger partial charge in [-0.25, -0.2) is 4.98 Å². The van der Waals surface area contributed by atoms with Crippen LogP contribution in [0, 0.1) is 0 Å². The summed E-state index contributed by atoms with van der Waals surface area (Å²) in [6.45, 7) is 0. The lowest BCUT2D eigenvalue weighted by Crippen LogP contribution is -2.16. The highest BCUT2D eigenvalue weighted by atomic mass is 35.5. The van der Waals surface area contributed by atoms with E-state index in [0.717, 1.165) is 5.56 Å². The average Bonchev–Trinajstić information content (AvgIpc) is 3.08. The van der Waals surface area contributed by atoms with Crippen molar-refractivity contribution in [2.24, 2.45) is 5.73 Å². The van der Waals surface area contributed by atoms with Gasteiger partial charge in [-0.2, -0.15) is 0 Å². The van der Waals surface area contributed by atoms with Crippen molar-refractivity contribution in [2.75, 3.05) is 5.32 Å². The second-order valence-electron chi connectivity index (χ2n) is 5.33. The van der Waals surface area contributed by atoms with Crippen LogP contribution >= 0.6 is 11.6 Å². The molecule has 2 aromatic carbocycles.